The zero-order chi connectivity index (χ0) is 21.8. The quantitative estimate of drug-likeness (QED) is 0.604. The lowest BCUT2D eigenvalue weighted by Gasteiger charge is -2.15. The van der Waals surface area contributed by atoms with Gasteiger partial charge in [-0.3, -0.25) is 9.59 Å². The van der Waals surface area contributed by atoms with Gasteiger partial charge in [0.1, 0.15) is 11.6 Å². The number of carbonyl (C=O) groups is 2. The average molecular weight is 418 g/mol. The van der Waals surface area contributed by atoms with Crippen LogP contribution in [0.15, 0.2) is 48.5 Å². The van der Waals surface area contributed by atoms with E-state index in [1.54, 1.807) is 31.2 Å². The Morgan fingerprint density at radius 2 is 1.87 bits per heavy atom. The van der Waals surface area contributed by atoms with E-state index in [2.05, 4.69) is 20.1 Å². The van der Waals surface area contributed by atoms with Crippen molar-refractivity contribution < 1.29 is 14.3 Å². The van der Waals surface area contributed by atoms with Gasteiger partial charge < -0.3 is 14.6 Å². The number of nitrogens with one attached hydrogen (secondary N) is 1. The van der Waals surface area contributed by atoms with Gasteiger partial charge in [-0.2, -0.15) is 0 Å². The topological polar surface area (TPSA) is 86.1 Å². The summed E-state index contributed by atoms with van der Waals surface area (Å²) in [5.41, 5.74) is 2.20. The highest BCUT2D eigenvalue weighted by Crippen LogP contribution is 2.25. The summed E-state index contributed by atoms with van der Waals surface area (Å²) in [5, 5.41) is 11.7. The van der Waals surface area contributed by atoms with Crippen molar-refractivity contribution in [1.82, 2.24) is 14.8 Å². The van der Waals surface area contributed by atoms with E-state index in [0.29, 0.717) is 17.0 Å². The number of hydrogen-bond donors (Lipinski definition) is 1. The summed E-state index contributed by atoms with van der Waals surface area (Å²) in [6.07, 6.45) is 3.72. The fourth-order valence-corrected chi connectivity index (χ4v) is 3.70. The van der Waals surface area contributed by atoms with Gasteiger partial charge in [-0.05, 0) is 63.1 Å². The van der Waals surface area contributed by atoms with Crippen molar-refractivity contribution in [3.63, 3.8) is 0 Å². The number of amides is 1. The fourth-order valence-electron chi connectivity index (χ4n) is 3.70. The Morgan fingerprint density at radius 1 is 1.06 bits per heavy atom. The minimum atomic E-state index is -0.698. The number of aryl methyl sites for hydroxylation is 1. The van der Waals surface area contributed by atoms with E-state index in [9.17, 15) is 9.59 Å². The predicted octanol–water partition coefficient (Wildman–Crippen LogP) is 4.28. The minimum Gasteiger partial charge on any atom is -0.481 e. The van der Waals surface area contributed by atoms with E-state index >= 15 is 0 Å². The Balaban J connectivity index is 1.44. The van der Waals surface area contributed by atoms with Crippen LogP contribution < -0.4 is 10.1 Å². The van der Waals surface area contributed by atoms with Crippen molar-refractivity contribution in [2.45, 2.75) is 52.2 Å². The molecule has 31 heavy (non-hydrogen) atoms. The lowest BCUT2D eigenvalue weighted by Crippen LogP contribution is -2.30. The molecule has 3 aromatic rings. The van der Waals surface area contributed by atoms with E-state index in [0.717, 1.165) is 43.0 Å². The summed E-state index contributed by atoms with van der Waals surface area (Å²) in [6, 6.07) is 14.4. The Bertz CT molecular complexity index is 1090. The maximum absolute atomic E-state index is 12.6. The van der Waals surface area contributed by atoms with Crippen LogP contribution in [0.5, 0.6) is 5.75 Å². The highest BCUT2D eigenvalue weighted by atomic mass is 16.5. The van der Waals surface area contributed by atoms with Crippen LogP contribution in [0.1, 0.15) is 49.3 Å². The van der Waals surface area contributed by atoms with Crippen molar-refractivity contribution in [2.75, 3.05) is 5.32 Å². The average Bonchev–Trinajstić information content (AvgIpc) is 3.02. The summed E-state index contributed by atoms with van der Waals surface area (Å²) in [4.78, 5) is 24.0. The third kappa shape index (κ3) is 4.82. The van der Waals surface area contributed by atoms with E-state index in [-0.39, 0.29) is 11.7 Å². The number of Topliss-reactive ketones (excluding diaryl/α,β-unsaturated/α-hetero) is 1. The number of fused-ring (bicyclic) bond motifs is 1. The molecule has 1 aliphatic rings. The molecule has 2 heterocycles. The van der Waals surface area contributed by atoms with Crippen molar-refractivity contribution in [3.8, 4) is 17.1 Å². The van der Waals surface area contributed by atoms with Gasteiger partial charge in [0.05, 0.1) is 0 Å². The van der Waals surface area contributed by atoms with Crippen molar-refractivity contribution in [3.05, 3.63) is 59.9 Å². The van der Waals surface area contributed by atoms with Gasteiger partial charge in [0.15, 0.2) is 17.7 Å². The number of ether oxygens (including phenoxy) is 1. The molecule has 0 bridgehead atoms. The van der Waals surface area contributed by atoms with Crippen LogP contribution >= 0.6 is 0 Å². The second-order valence-corrected chi connectivity index (χ2v) is 7.81. The number of nitrogens with zero attached hydrogens (tertiary/aromatic N) is 3. The number of hydrogen-bond acceptors (Lipinski definition) is 5. The molecular weight excluding hydrogens is 392 g/mol. The van der Waals surface area contributed by atoms with Crippen LogP contribution in [-0.2, 0) is 17.8 Å². The molecule has 4 rings (SSSR count). The molecule has 1 aliphatic heterocycles. The smallest absolute Gasteiger partial charge is 0.265 e. The van der Waals surface area contributed by atoms with Crippen LogP contribution in [-0.4, -0.2) is 32.6 Å². The van der Waals surface area contributed by atoms with Crippen LogP contribution in [0, 0.1) is 0 Å². The van der Waals surface area contributed by atoms with Gasteiger partial charge in [0.25, 0.3) is 5.91 Å². The van der Waals surface area contributed by atoms with Crippen LogP contribution in [0.2, 0.25) is 0 Å². The molecule has 1 atom stereocenters. The lowest BCUT2D eigenvalue weighted by atomic mass is 10.1. The summed E-state index contributed by atoms with van der Waals surface area (Å²) >= 11 is 0. The van der Waals surface area contributed by atoms with E-state index in [4.69, 9.17) is 4.74 Å². The summed E-state index contributed by atoms with van der Waals surface area (Å²) in [7, 11) is 0. The van der Waals surface area contributed by atoms with E-state index in [1.807, 2.05) is 24.3 Å². The number of rotatable bonds is 6. The molecule has 7 heteroatoms. The fraction of sp³-hybridized carbons (Fsp3) is 0.333. The molecule has 0 saturated heterocycles. The zero-order valence-electron chi connectivity index (χ0n) is 17.8. The number of ketones is 1. The SMILES string of the molecule is CC(=O)c1ccc(OC(C)C(=O)Nc2cccc(-c3nnc4n3CCCCC4)c2)cc1. The molecule has 0 fully saturated rings. The maximum Gasteiger partial charge on any atom is 0.265 e. The van der Waals surface area contributed by atoms with Gasteiger partial charge in [-0.15, -0.1) is 10.2 Å². The number of aromatic nitrogens is 3. The molecular formula is C24H26N4O3. The molecule has 0 aliphatic carbocycles. The monoisotopic (exact) mass is 418 g/mol. The standard InChI is InChI=1S/C24H26N4O3/c1-16(29)18-10-12-21(13-11-18)31-17(2)24(30)25-20-8-6-7-19(15-20)23-27-26-22-9-4-3-5-14-28(22)23/h6-8,10-13,15,17H,3-5,9,14H2,1-2H3,(H,25,30). The van der Waals surface area contributed by atoms with Gasteiger partial charge in [-0.25, -0.2) is 0 Å². The zero-order valence-corrected chi connectivity index (χ0v) is 17.8. The Hall–Kier alpha value is -3.48. The third-order valence-corrected chi connectivity index (χ3v) is 5.44. The molecule has 0 radical (unpaired) electrons. The molecule has 0 spiro atoms. The Labute approximate surface area is 181 Å². The van der Waals surface area contributed by atoms with Crippen LogP contribution in [0.25, 0.3) is 11.4 Å². The number of benzene rings is 2. The molecule has 1 unspecified atom stereocenters. The molecule has 0 saturated carbocycles. The van der Waals surface area contributed by atoms with E-state index < -0.39 is 6.10 Å². The van der Waals surface area contributed by atoms with Crippen LogP contribution in [0.4, 0.5) is 5.69 Å². The molecule has 160 valence electrons. The highest BCUT2D eigenvalue weighted by molar-refractivity contribution is 5.95. The maximum atomic E-state index is 12.6. The first kappa shape index (κ1) is 20.8. The van der Waals surface area contributed by atoms with Gasteiger partial charge >= 0.3 is 0 Å². The van der Waals surface area contributed by atoms with Crippen molar-refractivity contribution in [2.24, 2.45) is 0 Å². The minimum absolute atomic E-state index is 0.0122. The largest absolute Gasteiger partial charge is 0.481 e. The predicted molar refractivity (Wildman–Crippen MR) is 118 cm³/mol. The summed E-state index contributed by atoms with van der Waals surface area (Å²) in [6.45, 7) is 4.12. The molecule has 1 aromatic heterocycles. The van der Waals surface area contributed by atoms with Gasteiger partial charge in [0, 0.05) is 29.8 Å². The second-order valence-electron chi connectivity index (χ2n) is 7.81. The first-order chi connectivity index (χ1) is 15.0. The Morgan fingerprint density at radius 3 is 2.65 bits per heavy atom. The van der Waals surface area contributed by atoms with E-state index in [1.165, 1.54) is 13.3 Å². The van der Waals surface area contributed by atoms with Crippen molar-refractivity contribution in [1.29, 1.82) is 0 Å². The number of anilines is 1. The molecule has 1 N–H and O–H groups in total. The third-order valence-electron chi connectivity index (χ3n) is 5.44. The molecule has 1 amide bonds. The number of carbonyl (C=O) groups excluding carboxylic acids is 2. The Kier molecular flexibility index (Phi) is 6.11. The van der Waals surface area contributed by atoms with Crippen LogP contribution in [0.3, 0.4) is 0 Å². The summed E-state index contributed by atoms with van der Waals surface area (Å²) < 4.78 is 7.91. The highest BCUT2D eigenvalue weighted by Gasteiger charge is 2.18. The normalized spacial score (nSPS) is 14.3. The first-order valence-electron chi connectivity index (χ1n) is 10.6. The van der Waals surface area contributed by atoms with Gasteiger partial charge in [0.2, 0.25) is 0 Å². The lowest BCUT2D eigenvalue weighted by molar-refractivity contribution is -0.122. The molecule has 2 aromatic carbocycles. The second kappa shape index (κ2) is 9.12. The molecule has 7 nitrogen and oxygen atoms in total. The van der Waals surface area contributed by atoms with Gasteiger partial charge in [-0.1, -0.05) is 18.6 Å². The summed E-state index contributed by atoms with van der Waals surface area (Å²) in [5.74, 6) is 2.13. The van der Waals surface area contributed by atoms with Crippen molar-refractivity contribution >= 4 is 17.4 Å². The first-order valence-corrected chi connectivity index (χ1v) is 10.6.